The van der Waals surface area contributed by atoms with E-state index in [0.29, 0.717) is 0 Å². The molecule has 0 bridgehead atoms. The molecule has 4 heteroatoms. The number of hydrogen-bond donors (Lipinski definition) is 0. The van der Waals surface area contributed by atoms with E-state index in [-0.39, 0.29) is 11.2 Å². The van der Waals surface area contributed by atoms with Gasteiger partial charge in [0.2, 0.25) is 9.05 Å². The van der Waals surface area contributed by atoms with Crippen molar-refractivity contribution < 1.29 is 8.42 Å². The van der Waals surface area contributed by atoms with Crippen molar-refractivity contribution in [3.63, 3.8) is 0 Å². The molecule has 11 heavy (non-hydrogen) atoms. The summed E-state index contributed by atoms with van der Waals surface area (Å²) in [5.41, 5.74) is 0.0155. The summed E-state index contributed by atoms with van der Waals surface area (Å²) >= 11 is 0. The van der Waals surface area contributed by atoms with Crippen LogP contribution >= 0.6 is 10.7 Å². The third-order valence-corrected chi connectivity index (χ3v) is 1.88. The molecule has 0 aliphatic rings. The zero-order valence-electron chi connectivity index (χ0n) is 6.96. The molecule has 2 nitrogen and oxygen atoms in total. The van der Waals surface area contributed by atoms with E-state index >= 15 is 0 Å². The van der Waals surface area contributed by atoms with Gasteiger partial charge in [-0.1, -0.05) is 32.9 Å². The van der Waals surface area contributed by atoms with Crippen molar-refractivity contribution in [3.8, 4) is 0 Å². The lowest BCUT2D eigenvalue weighted by Gasteiger charge is -2.10. The van der Waals surface area contributed by atoms with Gasteiger partial charge in [0.05, 0.1) is 5.75 Å². The van der Waals surface area contributed by atoms with Gasteiger partial charge in [-0.3, -0.25) is 0 Å². The lowest BCUT2D eigenvalue weighted by Crippen LogP contribution is -2.00. The lowest BCUT2D eigenvalue weighted by molar-refractivity contribution is 0.543. The largest absolute Gasteiger partial charge is 0.236 e. The highest BCUT2D eigenvalue weighted by molar-refractivity contribution is 8.13. The highest BCUT2D eigenvalue weighted by Crippen LogP contribution is 2.14. The maximum Gasteiger partial charge on any atom is 0.236 e. The zero-order valence-corrected chi connectivity index (χ0v) is 8.54. The summed E-state index contributed by atoms with van der Waals surface area (Å²) in [6.07, 6.45) is 3.40. The molecule has 0 spiro atoms. The maximum absolute atomic E-state index is 10.4. The van der Waals surface area contributed by atoms with Crippen LogP contribution in [0.15, 0.2) is 12.2 Å². The van der Waals surface area contributed by atoms with Gasteiger partial charge >= 0.3 is 0 Å². The van der Waals surface area contributed by atoms with Crippen molar-refractivity contribution in [3.05, 3.63) is 12.2 Å². The van der Waals surface area contributed by atoms with Crippen LogP contribution in [0.25, 0.3) is 0 Å². The summed E-state index contributed by atoms with van der Waals surface area (Å²) in [4.78, 5) is 0. The van der Waals surface area contributed by atoms with Crippen molar-refractivity contribution in [2.24, 2.45) is 5.41 Å². The van der Waals surface area contributed by atoms with Crippen molar-refractivity contribution in [2.75, 3.05) is 5.75 Å². The summed E-state index contributed by atoms with van der Waals surface area (Å²) in [7, 11) is 1.62. The fraction of sp³-hybridized carbons (Fsp3) is 0.714. The highest BCUT2D eigenvalue weighted by atomic mass is 35.7. The number of halogens is 1. The Hall–Kier alpha value is -0.0200. The van der Waals surface area contributed by atoms with Crippen LogP contribution in [-0.4, -0.2) is 14.2 Å². The second kappa shape index (κ2) is 3.59. The van der Waals surface area contributed by atoms with Crippen LogP contribution in [0.2, 0.25) is 0 Å². The predicted octanol–water partition coefficient (Wildman–Crippen LogP) is 2.16. The van der Waals surface area contributed by atoms with Crippen LogP contribution < -0.4 is 0 Å². The van der Waals surface area contributed by atoms with E-state index in [1.54, 1.807) is 6.08 Å². The van der Waals surface area contributed by atoms with Crippen molar-refractivity contribution in [1.29, 1.82) is 0 Å². The Morgan fingerprint density at radius 2 is 1.82 bits per heavy atom. The molecule has 0 aromatic carbocycles. The molecule has 0 N–H and O–H groups in total. The molecule has 0 fully saturated rings. The van der Waals surface area contributed by atoms with E-state index in [9.17, 15) is 8.42 Å². The summed E-state index contributed by atoms with van der Waals surface area (Å²) in [6.45, 7) is 5.97. The average Bonchev–Trinajstić information content (AvgIpc) is 1.55. The van der Waals surface area contributed by atoms with Crippen molar-refractivity contribution >= 4 is 19.7 Å². The predicted molar refractivity (Wildman–Crippen MR) is 48.2 cm³/mol. The summed E-state index contributed by atoms with van der Waals surface area (Å²) in [5, 5.41) is 0. The minimum atomic E-state index is -3.36. The Balaban J connectivity index is 4.00. The first-order chi connectivity index (χ1) is 4.71. The van der Waals surface area contributed by atoms with E-state index in [4.69, 9.17) is 10.7 Å². The first-order valence-corrected chi connectivity index (χ1v) is 5.79. The maximum atomic E-state index is 10.4. The summed E-state index contributed by atoms with van der Waals surface area (Å²) in [6, 6.07) is 0. The van der Waals surface area contributed by atoms with Gasteiger partial charge in [-0.2, -0.15) is 0 Å². The topological polar surface area (TPSA) is 34.1 Å². The highest BCUT2D eigenvalue weighted by Gasteiger charge is 2.05. The second-order valence-corrected chi connectivity index (χ2v) is 6.30. The molecule has 0 saturated heterocycles. The molecular formula is C7H13ClO2S. The fourth-order valence-electron chi connectivity index (χ4n) is 0.517. The molecule has 0 rings (SSSR count). The molecule has 0 aromatic heterocycles. The minimum absolute atomic E-state index is 0.0155. The molecule has 0 amide bonds. The fourth-order valence-corrected chi connectivity index (χ4v) is 1.06. The lowest BCUT2D eigenvalue weighted by atomic mass is 9.97. The van der Waals surface area contributed by atoms with Crippen molar-refractivity contribution in [1.82, 2.24) is 0 Å². The molecule has 0 aromatic rings. The summed E-state index contributed by atoms with van der Waals surface area (Å²) in [5.74, 6) is -0.0914. The van der Waals surface area contributed by atoms with Gasteiger partial charge in [-0.05, 0) is 5.41 Å². The SMILES string of the molecule is CC(C)(C)/C=C/CS(=O)(=O)Cl. The van der Waals surface area contributed by atoms with E-state index in [0.717, 1.165) is 0 Å². The van der Waals surface area contributed by atoms with Gasteiger partial charge in [-0.25, -0.2) is 8.42 Å². The first-order valence-electron chi connectivity index (χ1n) is 3.31. The molecule has 66 valence electrons. The van der Waals surface area contributed by atoms with E-state index < -0.39 is 9.05 Å². The molecule has 0 saturated carbocycles. The standard InChI is InChI=1S/C7H13ClO2S/c1-7(2,3)5-4-6-11(8,9)10/h4-5H,6H2,1-3H3/b5-4+. The van der Waals surface area contributed by atoms with Gasteiger partial charge in [0.25, 0.3) is 0 Å². The van der Waals surface area contributed by atoms with Gasteiger partial charge in [0.15, 0.2) is 0 Å². The van der Waals surface area contributed by atoms with Crippen LogP contribution in [0.1, 0.15) is 20.8 Å². The monoisotopic (exact) mass is 196 g/mol. The van der Waals surface area contributed by atoms with Gasteiger partial charge in [0.1, 0.15) is 0 Å². The van der Waals surface area contributed by atoms with E-state index in [1.165, 1.54) is 0 Å². The van der Waals surface area contributed by atoms with Gasteiger partial charge < -0.3 is 0 Å². The number of allylic oxidation sites excluding steroid dienone is 1. The van der Waals surface area contributed by atoms with Crippen LogP contribution in [-0.2, 0) is 9.05 Å². The second-order valence-electron chi connectivity index (χ2n) is 3.47. The third kappa shape index (κ3) is 9.98. The molecule has 0 unspecified atom stereocenters. The smallest absolute Gasteiger partial charge is 0.212 e. The number of rotatable bonds is 2. The van der Waals surface area contributed by atoms with Crippen LogP contribution in [0.5, 0.6) is 0 Å². The molecule has 0 radical (unpaired) electrons. The minimum Gasteiger partial charge on any atom is -0.212 e. The Kier molecular flexibility index (Phi) is 3.58. The zero-order chi connectivity index (χ0) is 9.12. The van der Waals surface area contributed by atoms with Crippen LogP contribution in [0.3, 0.4) is 0 Å². The van der Waals surface area contributed by atoms with Crippen LogP contribution in [0, 0.1) is 5.41 Å². The Labute approximate surface area is 72.7 Å². The van der Waals surface area contributed by atoms with E-state index in [1.807, 2.05) is 26.8 Å². The van der Waals surface area contributed by atoms with Crippen molar-refractivity contribution in [2.45, 2.75) is 20.8 Å². The van der Waals surface area contributed by atoms with E-state index in [2.05, 4.69) is 0 Å². The summed E-state index contributed by atoms with van der Waals surface area (Å²) < 4.78 is 20.9. The molecule has 0 atom stereocenters. The quantitative estimate of drug-likeness (QED) is 0.501. The molecule has 0 heterocycles. The molecule has 0 aliphatic carbocycles. The first kappa shape index (κ1) is 11.0. The third-order valence-electron chi connectivity index (χ3n) is 0.913. The Morgan fingerprint density at radius 3 is 2.09 bits per heavy atom. The normalized spacial score (nSPS) is 14.2. The van der Waals surface area contributed by atoms with Gasteiger partial charge in [0, 0.05) is 10.7 Å². The Bertz CT molecular complexity index is 234. The van der Waals surface area contributed by atoms with Gasteiger partial charge in [-0.15, -0.1) is 0 Å². The average molecular weight is 197 g/mol. The Morgan fingerprint density at radius 1 is 1.36 bits per heavy atom. The molecular weight excluding hydrogens is 184 g/mol. The number of hydrogen-bond acceptors (Lipinski definition) is 2. The van der Waals surface area contributed by atoms with Crippen LogP contribution in [0.4, 0.5) is 0 Å². The molecule has 0 aliphatic heterocycles.